The van der Waals surface area contributed by atoms with Crippen LogP contribution in [-0.4, -0.2) is 43.6 Å². The summed E-state index contributed by atoms with van der Waals surface area (Å²) in [6.45, 7) is 9.41. The first-order valence-electron chi connectivity index (χ1n) is 11.4. The number of aliphatic imine (C=N–C) groups is 1. The lowest BCUT2D eigenvalue weighted by Crippen LogP contribution is -2.55. The number of nitrogens with zero attached hydrogens (tertiary/aromatic N) is 1. The molecule has 174 valence electrons. The van der Waals surface area contributed by atoms with Crippen molar-refractivity contribution in [2.45, 2.75) is 52.5 Å². The first-order chi connectivity index (χ1) is 15.4. The van der Waals surface area contributed by atoms with E-state index in [9.17, 15) is 4.79 Å². The molecule has 0 radical (unpaired) electrons. The van der Waals surface area contributed by atoms with E-state index in [1.807, 2.05) is 52.1 Å². The second-order valence-corrected chi connectivity index (χ2v) is 8.63. The number of carbonyl (C=O) groups excluding carboxylic acids is 1. The van der Waals surface area contributed by atoms with Gasteiger partial charge in [-0.15, -0.1) is 9.24 Å². The van der Waals surface area contributed by atoms with Gasteiger partial charge in [0.1, 0.15) is 5.71 Å². The van der Waals surface area contributed by atoms with Gasteiger partial charge in [0, 0.05) is 37.1 Å². The van der Waals surface area contributed by atoms with Gasteiger partial charge in [-0.2, -0.15) is 0 Å². The van der Waals surface area contributed by atoms with E-state index >= 15 is 0 Å². The Labute approximate surface area is 195 Å². The number of aryl methyl sites for hydroxylation is 1. The summed E-state index contributed by atoms with van der Waals surface area (Å²) in [4.78, 5) is 18.2. The third kappa shape index (κ3) is 7.15. The van der Waals surface area contributed by atoms with Gasteiger partial charge in [-0.1, -0.05) is 31.2 Å². The van der Waals surface area contributed by atoms with Gasteiger partial charge < -0.3 is 15.4 Å². The summed E-state index contributed by atoms with van der Waals surface area (Å²) >= 11 is 0. The predicted molar refractivity (Wildman–Crippen MR) is 141 cm³/mol. The Hall–Kier alpha value is -2.23. The van der Waals surface area contributed by atoms with Crippen LogP contribution in [0, 0.1) is 6.92 Å². The Balaban J connectivity index is 2.50. The Morgan fingerprint density at radius 2 is 1.97 bits per heavy atom. The number of carbonyl (C=O) groups is 1. The zero-order chi connectivity index (χ0) is 23.6. The van der Waals surface area contributed by atoms with Crippen LogP contribution in [0.2, 0.25) is 0 Å². The fourth-order valence-electron chi connectivity index (χ4n) is 3.72. The second-order valence-electron chi connectivity index (χ2n) is 8.22. The van der Waals surface area contributed by atoms with Crippen LogP contribution in [0.1, 0.15) is 51.2 Å². The Kier molecular flexibility index (Phi) is 10.3. The van der Waals surface area contributed by atoms with Gasteiger partial charge in [0.2, 0.25) is 0 Å². The van der Waals surface area contributed by atoms with Crippen LogP contribution in [0.4, 0.5) is 5.69 Å². The smallest absolute Gasteiger partial charge is 0.266 e. The molecule has 0 spiro atoms. The molecule has 1 aliphatic heterocycles. The number of nitrogens with one attached hydrogen (secondary N) is 2. The van der Waals surface area contributed by atoms with Gasteiger partial charge in [0.15, 0.2) is 0 Å². The molecule has 1 atom stereocenters. The lowest BCUT2D eigenvalue weighted by Gasteiger charge is -2.37. The first-order valence-corrected chi connectivity index (χ1v) is 12.2. The average molecular weight is 456 g/mol. The number of hydrogen-bond donors (Lipinski definition) is 2. The van der Waals surface area contributed by atoms with Crippen molar-refractivity contribution >= 4 is 32.2 Å². The van der Waals surface area contributed by atoms with Gasteiger partial charge in [-0.25, -0.2) is 4.99 Å². The fourth-order valence-corrected chi connectivity index (χ4v) is 4.23. The van der Waals surface area contributed by atoms with E-state index in [2.05, 4.69) is 45.0 Å². The largest absolute Gasteiger partial charge is 0.388 e. The second kappa shape index (κ2) is 12.7. The lowest BCUT2D eigenvalue weighted by atomic mass is 9.91. The molecule has 1 amide bonds. The van der Waals surface area contributed by atoms with E-state index in [1.54, 1.807) is 0 Å². The molecular formula is C26H38N3O2P. The lowest BCUT2D eigenvalue weighted by molar-refractivity contribution is -0.117. The first kappa shape index (κ1) is 26.0. The van der Waals surface area contributed by atoms with Gasteiger partial charge in [-0.3, -0.25) is 4.79 Å². The molecule has 0 saturated carbocycles. The number of allylic oxidation sites excluding steroid dienone is 5. The molecular weight excluding hydrogens is 417 g/mol. The van der Waals surface area contributed by atoms with Crippen LogP contribution >= 0.6 is 9.24 Å². The number of hydrogen-bond acceptors (Lipinski definition) is 4. The summed E-state index contributed by atoms with van der Waals surface area (Å²) in [6.07, 6.45) is 11.0. The summed E-state index contributed by atoms with van der Waals surface area (Å²) in [6, 6.07) is 6.28. The fraction of sp³-hybridized carbons (Fsp3) is 0.462. The molecule has 1 aliphatic rings. The van der Waals surface area contributed by atoms with Crippen molar-refractivity contribution in [3.63, 3.8) is 0 Å². The standard InChI is InChI=1S/C26H38N3O2P/c1-6-8-9-10-20(4)24(21-15-19(3)16-22(17-21)27-5)28-23(7-2)25(30)29-26(18-32)11-13-31-14-12-26/h6,8-10,15-17,27H,7,11-14,18,32H2,1-5H3,(H,29,30)/b8-6-,10-9-,24-20+,28-23?. The van der Waals surface area contributed by atoms with Crippen molar-refractivity contribution in [1.29, 1.82) is 0 Å². The highest BCUT2D eigenvalue weighted by Crippen LogP contribution is 2.27. The van der Waals surface area contributed by atoms with Gasteiger partial charge in [0.05, 0.1) is 5.70 Å². The molecule has 0 bridgehead atoms. The molecule has 6 heteroatoms. The summed E-state index contributed by atoms with van der Waals surface area (Å²) in [5, 5.41) is 6.50. The molecule has 1 unspecified atom stereocenters. The topological polar surface area (TPSA) is 62.7 Å². The van der Waals surface area contributed by atoms with Crippen LogP contribution in [0.15, 0.2) is 53.1 Å². The number of amides is 1. The van der Waals surface area contributed by atoms with E-state index < -0.39 is 0 Å². The Morgan fingerprint density at radius 3 is 2.56 bits per heavy atom. The van der Waals surface area contributed by atoms with E-state index in [-0.39, 0.29) is 11.4 Å². The molecule has 1 aromatic rings. The van der Waals surface area contributed by atoms with E-state index in [1.165, 1.54) is 0 Å². The molecule has 2 N–H and O–H groups in total. The molecule has 1 heterocycles. The Bertz CT molecular complexity index is 910. The maximum atomic E-state index is 13.3. The van der Waals surface area contributed by atoms with Crippen LogP contribution in [-0.2, 0) is 9.53 Å². The van der Waals surface area contributed by atoms with Crippen LogP contribution in [0.25, 0.3) is 5.70 Å². The highest BCUT2D eigenvalue weighted by atomic mass is 31.0. The van der Waals surface area contributed by atoms with E-state index in [0.717, 1.165) is 47.1 Å². The van der Waals surface area contributed by atoms with E-state index in [0.29, 0.717) is 25.3 Å². The summed E-state index contributed by atoms with van der Waals surface area (Å²) in [5.41, 5.74) is 5.24. The van der Waals surface area contributed by atoms with Crippen LogP contribution in [0.3, 0.4) is 0 Å². The SMILES string of the molecule is C\C=C/C=C\C(C)=C(\N=C(CC)C(=O)NC1(CP)CCOCC1)c1cc(C)cc(NC)c1. The van der Waals surface area contributed by atoms with Crippen molar-refractivity contribution in [3.8, 4) is 0 Å². The van der Waals surface area contributed by atoms with Crippen molar-refractivity contribution in [3.05, 3.63) is 59.2 Å². The minimum absolute atomic E-state index is 0.0962. The van der Waals surface area contributed by atoms with Crippen molar-refractivity contribution in [1.82, 2.24) is 5.32 Å². The highest BCUT2D eigenvalue weighted by Gasteiger charge is 2.33. The molecule has 1 saturated heterocycles. The number of ether oxygens (including phenoxy) is 1. The van der Waals surface area contributed by atoms with Gasteiger partial charge in [0.25, 0.3) is 5.91 Å². The number of benzene rings is 1. The van der Waals surface area contributed by atoms with Crippen LogP contribution in [0.5, 0.6) is 0 Å². The maximum Gasteiger partial charge on any atom is 0.266 e. The van der Waals surface area contributed by atoms with Crippen molar-refractivity contribution in [2.24, 2.45) is 4.99 Å². The minimum atomic E-state index is -0.247. The van der Waals surface area contributed by atoms with Crippen LogP contribution < -0.4 is 10.6 Å². The van der Waals surface area contributed by atoms with Gasteiger partial charge >= 0.3 is 0 Å². The predicted octanol–water partition coefficient (Wildman–Crippen LogP) is 5.29. The molecule has 2 rings (SSSR count). The van der Waals surface area contributed by atoms with Crippen molar-refractivity contribution < 1.29 is 9.53 Å². The summed E-state index contributed by atoms with van der Waals surface area (Å²) < 4.78 is 5.51. The minimum Gasteiger partial charge on any atom is -0.388 e. The number of rotatable bonds is 9. The normalized spacial score (nSPS) is 17.5. The van der Waals surface area contributed by atoms with Crippen molar-refractivity contribution in [2.75, 3.05) is 31.7 Å². The summed E-state index contributed by atoms with van der Waals surface area (Å²) in [7, 11) is 4.69. The third-order valence-electron chi connectivity index (χ3n) is 5.73. The monoisotopic (exact) mass is 455 g/mol. The molecule has 5 nitrogen and oxygen atoms in total. The van der Waals surface area contributed by atoms with Gasteiger partial charge in [-0.05, 0) is 75.5 Å². The zero-order valence-corrected chi connectivity index (χ0v) is 21.3. The highest BCUT2D eigenvalue weighted by molar-refractivity contribution is 7.16. The molecule has 1 aromatic carbocycles. The molecule has 0 aliphatic carbocycles. The molecule has 0 aromatic heterocycles. The number of anilines is 1. The Morgan fingerprint density at radius 1 is 1.25 bits per heavy atom. The third-order valence-corrected chi connectivity index (χ3v) is 6.51. The summed E-state index contributed by atoms with van der Waals surface area (Å²) in [5.74, 6) is -0.0962. The maximum absolute atomic E-state index is 13.3. The quantitative estimate of drug-likeness (QED) is 0.302. The zero-order valence-electron chi connectivity index (χ0n) is 20.1. The average Bonchev–Trinajstić information content (AvgIpc) is 2.79. The molecule has 32 heavy (non-hydrogen) atoms. The molecule has 1 fully saturated rings. The van der Waals surface area contributed by atoms with E-state index in [4.69, 9.17) is 9.73 Å².